The molecule has 7 heteroatoms. The van der Waals surface area contributed by atoms with E-state index in [0.29, 0.717) is 25.9 Å². The summed E-state index contributed by atoms with van der Waals surface area (Å²) in [4.78, 5) is 6.53. The lowest BCUT2D eigenvalue weighted by Crippen LogP contribution is -2.44. The minimum absolute atomic E-state index is 0.0876. The molecular weight excluding hydrogens is 417 g/mol. The second kappa shape index (κ2) is 10.1. The Hall–Kier alpha value is -1.67. The highest BCUT2D eigenvalue weighted by Crippen LogP contribution is 2.41. The summed E-state index contributed by atoms with van der Waals surface area (Å²) < 4.78 is 38.9. The number of allylic oxidation sites excluding steroid dienone is 2. The molecule has 32 heavy (non-hydrogen) atoms. The fourth-order valence-corrected chi connectivity index (χ4v) is 5.21. The first-order chi connectivity index (χ1) is 15.1. The van der Waals surface area contributed by atoms with E-state index >= 15 is 0 Å². The van der Waals surface area contributed by atoms with E-state index in [1.54, 1.807) is 0 Å². The molecule has 2 saturated heterocycles. The van der Waals surface area contributed by atoms with Gasteiger partial charge in [0.05, 0.1) is 12.1 Å². The quantitative estimate of drug-likeness (QED) is 0.500. The van der Waals surface area contributed by atoms with Gasteiger partial charge in [-0.3, -0.25) is 4.84 Å². The summed E-state index contributed by atoms with van der Waals surface area (Å²) in [5.74, 6) is 0. The number of hydrogen-bond donors (Lipinski definition) is 1. The van der Waals surface area contributed by atoms with Crippen LogP contribution in [0.15, 0.2) is 49.6 Å². The van der Waals surface area contributed by atoms with Gasteiger partial charge in [0, 0.05) is 25.0 Å². The molecule has 2 aliphatic heterocycles. The monoisotopic (exact) mass is 452 g/mol. The number of rotatable bonds is 8. The van der Waals surface area contributed by atoms with E-state index in [2.05, 4.69) is 20.1 Å². The SMILES string of the molecule is C=CC[C@]1(C)CCCCN(OC2CN(O)C[C@@]2(CC=C)Cc2ccc(C(F)(F)F)cc2)C1. The summed E-state index contributed by atoms with van der Waals surface area (Å²) in [5, 5.41) is 13.7. The summed E-state index contributed by atoms with van der Waals surface area (Å²) in [7, 11) is 0. The Bertz CT molecular complexity index is 782. The molecule has 0 saturated carbocycles. The lowest BCUT2D eigenvalue weighted by atomic mass is 9.76. The van der Waals surface area contributed by atoms with E-state index in [1.165, 1.54) is 17.2 Å². The molecule has 2 aliphatic rings. The van der Waals surface area contributed by atoms with Gasteiger partial charge in [-0.1, -0.05) is 37.6 Å². The average Bonchev–Trinajstić information content (AvgIpc) is 2.87. The minimum atomic E-state index is -4.36. The third kappa shape index (κ3) is 6.01. The van der Waals surface area contributed by atoms with Crippen LogP contribution in [-0.4, -0.2) is 47.6 Å². The Morgan fingerprint density at radius 3 is 2.44 bits per heavy atom. The van der Waals surface area contributed by atoms with Gasteiger partial charge in [0.1, 0.15) is 6.10 Å². The zero-order valence-electron chi connectivity index (χ0n) is 18.9. The summed E-state index contributed by atoms with van der Waals surface area (Å²) in [6.07, 6.45) is 4.39. The summed E-state index contributed by atoms with van der Waals surface area (Å²) in [6, 6.07) is 5.29. The van der Waals surface area contributed by atoms with Crippen LogP contribution in [-0.2, 0) is 17.4 Å². The number of hydrogen-bond acceptors (Lipinski definition) is 4. The molecule has 1 aromatic rings. The highest BCUT2D eigenvalue weighted by atomic mass is 19.4. The number of halogens is 3. The average molecular weight is 453 g/mol. The van der Waals surface area contributed by atoms with Crippen molar-refractivity contribution in [2.24, 2.45) is 10.8 Å². The first-order valence-electron chi connectivity index (χ1n) is 11.3. The van der Waals surface area contributed by atoms with Crippen molar-refractivity contribution in [3.05, 3.63) is 60.7 Å². The number of alkyl halides is 3. The predicted octanol–water partition coefficient (Wildman–Crippen LogP) is 5.88. The molecule has 0 aromatic heterocycles. The maximum Gasteiger partial charge on any atom is 0.416 e. The predicted molar refractivity (Wildman–Crippen MR) is 119 cm³/mol. The number of nitrogens with zero attached hydrogens (tertiary/aromatic N) is 2. The Morgan fingerprint density at radius 2 is 1.81 bits per heavy atom. The van der Waals surface area contributed by atoms with E-state index in [-0.39, 0.29) is 11.5 Å². The molecule has 2 fully saturated rings. The summed E-state index contributed by atoms with van der Waals surface area (Å²) in [5.41, 5.74) is -0.258. The molecule has 1 unspecified atom stereocenters. The van der Waals surface area contributed by atoms with Crippen molar-refractivity contribution in [1.82, 2.24) is 10.1 Å². The van der Waals surface area contributed by atoms with E-state index in [0.717, 1.165) is 56.5 Å². The lowest BCUT2D eigenvalue weighted by Gasteiger charge is -2.38. The zero-order valence-corrected chi connectivity index (χ0v) is 18.9. The van der Waals surface area contributed by atoms with Gasteiger partial charge < -0.3 is 5.21 Å². The molecule has 1 aromatic carbocycles. The van der Waals surface area contributed by atoms with Crippen LogP contribution in [0.4, 0.5) is 13.2 Å². The Balaban J connectivity index is 1.80. The second-order valence-electron chi connectivity index (χ2n) is 9.79. The van der Waals surface area contributed by atoms with Gasteiger partial charge in [-0.25, -0.2) is 0 Å². The molecule has 3 rings (SSSR count). The molecule has 0 bridgehead atoms. The molecule has 178 valence electrons. The summed E-state index contributed by atoms with van der Waals surface area (Å²) in [6.45, 7) is 12.4. The van der Waals surface area contributed by atoms with E-state index in [4.69, 9.17) is 4.84 Å². The molecule has 0 radical (unpaired) electrons. The van der Waals surface area contributed by atoms with Crippen LogP contribution in [0.5, 0.6) is 0 Å². The molecule has 2 heterocycles. The molecule has 3 atom stereocenters. The van der Waals surface area contributed by atoms with Crippen LogP contribution >= 0.6 is 0 Å². The topological polar surface area (TPSA) is 35.9 Å². The van der Waals surface area contributed by atoms with Gasteiger partial charge in [0.2, 0.25) is 0 Å². The normalized spacial score (nSPS) is 30.2. The van der Waals surface area contributed by atoms with E-state index < -0.39 is 17.2 Å². The van der Waals surface area contributed by atoms with Crippen molar-refractivity contribution < 1.29 is 23.2 Å². The fourth-order valence-electron chi connectivity index (χ4n) is 5.21. The van der Waals surface area contributed by atoms with E-state index in [9.17, 15) is 18.4 Å². The van der Waals surface area contributed by atoms with Crippen molar-refractivity contribution in [2.75, 3.05) is 26.2 Å². The third-order valence-electron chi connectivity index (χ3n) is 6.85. The fraction of sp³-hybridized carbons (Fsp3) is 0.600. The van der Waals surface area contributed by atoms with Crippen LogP contribution in [0.1, 0.15) is 50.2 Å². The van der Waals surface area contributed by atoms with Crippen molar-refractivity contribution in [3.8, 4) is 0 Å². The largest absolute Gasteiger partial charge is 0.416 e. The van der Waals surface area contributed by atoms with Gasteiger partial charge >= 0.3 is 6.18 Å². The van der Waals surface area contributed by atoms with Crippen molar-refractivity contribution in [2.45, 2.75) is 57.7 Å². The van der Waals surface area contributed by atoms with Crippen molar-refractivity contribution in [1.29, 1.82) is 0 Å². The summed E-state index contributed by atoms with van der Waals surface area (Å²) >= 11 is 0. The van der Waals surface area contributed by atoms with Gasteiger partial charge in [-0.2, -0.15) is 23.3 Å². The van der Waals surface area contributed by atoms with Crippen LogP contribution < -0.4 is 0 Å². The minimum Gasteiger partial charge on any atom is -0.314 e. The third-order valence-corrected chi connectivity index (χ3v) is 6.85. The molecule has 1 N–H and O–H groups in total. The number of benzene rings is 1. The van der Waals surface area contributed by atoms with Gasteiger partial charge in [-0.05, 0) is 55.2 Å². The molecular formula is C25H35F3N2O2. The maximum atomic E-state index is 13.0. The van der Waals surface area contributed by atoms with Gasteiger partial charge in [0.25, 0.3) is 0 Å². The second-order valence-corrected chi connectivity index (χ2v) is 9.79. The Kier molecular flexibility index (Phi) is 7.86. The zero-order chi connectivity index (χ0) is 23.4. The smallest absolute Gasteiger partial charge is 0.314 e. The molecule has 0 spiro atoms. The first-order valence-corrected chi connectivity index (χ1v) is 11.3. The Labute approximate surface area is 189 Å². The van der Waals surface area contributed by atoms with Gasteiger partial charge in [0.15, 0.2) is 0 Å². The van der Waals surface area contributed by atoms with Crippen LogP contribution in [0, 0.1) is 10.8 Å². The maximum absolute atomic E-state index is 13.0. The standard InChI is InChI=1S/C25H35F3N2O2/c1-4-12-23(3)14-6-7-15-30(18-23)32-22-17-29(31)19-24(22,13-5-2)16-20-8-10-21(11-9-20)25(26,27)28/h4-5,8-11,22,31H,1-2,6-7,12-19H2,3H3/t22?,23-,24-/m1/s1. The molecule has 0 aliphatic carbocycles. The molecule has 0 amide bonds. The van der Waals surface area contributed by atoms with Crippen molar-refractivity contribution in [3.63, 3.8) is 0 Å². The number of hydroxylamine groups is 4. The van der Waals surface area contributed by atoms with Crippen LogP contribution in [0.2, 0.25) is 0 Å². The van der Waals surface area contributed by atoms with Gasteiger partial charge in [-0.15, -0.1) is 13.2 Å². The lowest BCUT2D eigenvalue weighted by molar-refractivity contribution is -0.229. The Morgan fingerprint density at radius 1 is 1.12 bits per heavy atom. The first kappa shape index (κ1) is 25.0. The van der Waals surface area contributed by atoms with Crippen molar-refractivity contribution >= 4 is 0 Å². The molecule has 4 nitrogen and oxygen atoms in total. The highest BCUT2D eigenvalue weighted by Gasteiger charge is 2.48. The van der Waals surface area contributed by atoms with Crippen LogP contribution in [0.25, 0.3) is 0 Å². The van der Waals surface area contributed by atoms with Crippen LogP contribution in [0.3, 0.4) is 0 Å². The highest BCUT2D eigenvalue weighted by molar-refractivity contribution is 5.26. The van der Waals surface area contributed by atoms with E-state index in [1.807, 2.05) is 17.2 Å².